The first-order chi connectivity index (χ1) is 10.8. The molecule has 0 atom stereocenters. The van der Waals surface area contributed by atoms with E-state index in [9.17, 15) is 4.79 Å². The molecule has 0 heterocycles. The molecule has 23 heavy (non-hydrogen) atoms. The highest BCUT2D eigenvalue weighted by Crippen LogP contribution is 2.27. The Morgan fingerprint density at radius 3 is 1.78 bits per heavy atom. The molecule has 0 radical (unpaired) electrons. The predicted molar refractivity (Wildman–Crippen MR) is 91.4 cm³/mol. The number of carbonyl (C=O) groups excluding carboxylic acids is 1. The summed E-state index contributed by atoms with van der Waals surface area (Å²) in [5.41, 5.74) is 0.392. The Morgan fingerprint density at radius 2 is 1.39 bits per heavy atom. The van der Waals surface area contributed by atoms with E-state index in [2.05, 4.69) is 6.58 Å². The van der Waals surface area contributed by atoms with Crippen molar-refractivity contribution in [2.24, 2.45) is 0 Å². The van der Waals surface area contributed by atoms with Gasteiger partial charge < -0.3 is 26.9 Å². The third-order valence-corrected chi connectivity index (χ3v) is 10.6. The lowest BCUT2D eigenvalue weighted by Crippen LogP contribution is -2.47. The predicted octanol–water partition coefficient (Wildman–Crippen LogP) is 2.11. The van der Waals surface area contributed by atoms with Gasteiger partial charge in [0.1, 0.15) is 0 Å². The lowest BCUT2D eigenvalue weighted by atomic mass is 10.4. The van der Waals surface area contributed by atoms with Crippen LogP contribution in [0.4, 0.5) is 0 Å². The van der Waals surface area contributed by atoms with Crippen molar-refractivity contribution in [3.8, 4) is 0 Å². The van der Waals surface area contributed by atoms with Crippen LogP contribution in [0.5, 0.6) is 0 Å². The average molecular weight is 367 g/mol. The summed E-state index contributed by atoms with van der Waals surface area (Å²) in [6.45, 7) is 5.48. The first-order valence-corrected chi connectivity index (χ1v) is 11.6. The number of esters is 1. The van der Waals surface area contributed by atoms with Gasteiger partial charge in [-0.05, 0) is 25.4 Å². The molecule has 0 N–H and O–H groups in total. The van der Waals surface area contributed by atoms with Gasteiger partial charge in [-0.1, -0.05) is 6.58 Å². The fraction of sp³-hybridized carbons (Fsp3) is 0.786. The standard InChI is InChI=1S/C14H30O7Si2/c1-13(2)14(15)21-9-8-10-22(16-3,17-4)11-12-23(18-5,19-6)20-7/h1,8-12H2,2-7H3. The Labute approximate surface area is 141 Å². The van der Waals surface area contributed by atoms with Crippen LogP contribution < -0.4 is 0 Å². The molecule has 0 aliphatic heterocycles. The summed E-state index contributed by atoms with van der Waals surface area (Å²) in [6.07, 6.45) is 0.661. The first kappa shape index (κ1) is 22.4. The van der Waals surface area contributed by atoms with Crippen LogP contribution >= 0.6 is 0 Å². The molecule has 0 saturated carbocycles. The second-order valence-electron chi connectivity index (χ2n) is 5.13. The molecule has 0 amide bonds. The van der Waals surface area contributed by atoms with Crippen molar-refractivity contribution >= 4 is 23.3 Å². The Balaban J connectivity index is 4.56. The lowest BCUT2D eigenvalue weighted by molar-refractivity contribution is -0.138. The summed E-state index contributed by atoms with van der Waals surface area (Å²) in [4.78, 5) is 11.4. The molecular weight excluding hydrogens is 336 g/mol. The number of hydrogen-bond donors (Lipinski definition) is 0. The topological polar surface area (TPSA) is 72.5 Å². The number of hydrogen-bond acceptors (Lipinski definition) is 7. The highest BCUT2D eigenvalue weighted by atomic mass is 28.4. The van der Waals surface area contributed by atoms with Gasteiger partial charge in [0.05, 0.1) is 6.61 Å². The highest BCUT2D eigenvalue weighted by molar-refractivity contribution is 6.70. The lowest BCUT2D eigenvalue weighted by Gasteiger charge is -2.31. The molecule has 9 heteroatoms. The Morgan fingerprint density at radius 1 is 0.870 bits per heavy atom. The van der Waals surface area contributed by atoms with Gasteiger partial charge in [0.2, 0.25) is 0 Å². The minimum atomic E-state index is -2.66. The highest BCUT2D eigenvalue weighted by Gasteiger charge is 2.44. The Hall–Kier alpha value is -0.556. The first-order valence-electron chi connectivity index (χ1n) is 7.42. The summed E-state index contributed by atoms with van der Waals surface area (Å²) >= 11 is 0. The van der Waals surface area contributed by atoms with Gasteiger partial charge in [0.25, 0.3) is 0 Å². The van der Waals surface area contributed by atoms with Crippen molar-refractivity contribution in [3.05, 3.63) is 12.2 Å². The van der Waals surface area contributed by atoms with E-state index in [-0.39, 0.29) is 5.97 Å². The molecule has 0 aliphatic carbocycles. The number of carbonyl (C=O) groups is 1. The zero-order chi connectivity index (χ0) is 17.9. The minimum Gasteiger partial charge on any atom is -0.462 e. The van der Waals surface area contributed by atoms with Gasteiger partial charge in [-0.25, -0.2) is 4.79 Å². The molecule has 0 fully saturated rings. The molecule has 0 aliphatic rings. The fourth-order valence-electron chi connectivity index (χ4n) is 2.15. The maximum atomic E-state index is 11.4. The molecule has 0 rings (SSSR count). The zero-order valence-corrected chi connectivity index (χ0v) is 17.1. The summed E-state index contributed by atoms with van der Waals surface area (Å²) in [7, 11) is 2.95. The van der Waals surface area contributed by atoms with E-state index in [1.807, 2.05) is 0 Å². The SMILES string of the molecule is C=C(C)C(=O)OCCC[Si](CC[Si](OC)(OC)OC)(OC)OC. The van der Waals surface area contributed by atoms with Crippen LogP contribution in [0.25, 0.3) is 0 Å². The van der Waals surface area contributed by atoms with E-state index >= 15 is 0 Å². The van der Waals surface area contributed by atoms with Gasteiger partial charge >= 0.3 is 23.3 Å². The second kappa shape index (κ2) is 11.1. The van der Waals surface area contributed by atoms with E-state index in [0.29, 0.717) is 36.7 Å². The van der Waals surface area contributed by atoms with Crippen molar-refractivity contribution in [2.45, 2.75) is 31.5 Å². The Bertz CT molecular complexity index is 360. The molecule has 0 aromatic heterocycles. The maximum Gasteiger partial charge on any atom is 0.500 e. The molecular formula is C14H30O7Si2. The number of rotatable bonds is 13. The molecule has 0 unspecified atom stereocenters. The van der Waals surface area contributed by atoms with Crippen LogP contribution in [-0.4, -0.2) is 65.5 Å². The monoisotopic (exact) mass is 366 g/mol. The van der Waals surface area contributed by atoms with Gasteiger partial charge in [-0.2, -0.15) is 0 Å². The molecule has 136 valence electrons. The Kier molecular flexibility index (Phi) is 10.8. The van der Waals surface area contributed by atoms with Gasteiger partial charge in [-0.15, -0.1) is 0 Å². The number of ether oxygens (including phenoxy) is 1. The van der Waals surface area contributed by atoms with Crippen molar-refractivity contribution < 1.29 is 31.7 Å². The summed E-state index contributed by atoms with van der Waals surface area (Å²) < 4.78 is 32.8. The molecule has 7 nitrogen and oxygen atoms in total. The average Bonchev–Trinajstić information content (AvgIpc) is 2.58. The van der Waals surface area contributed by atoms with Crippen LogP contribution in [0, 0.1) is 0 Å². The van der Waals surface area contributed by atoms with Crippen LogP contribution in [0.15, 0.2) is 12.2 Å². The molecule has 0 aromatic rings. The van der Waals surface area contributed by atoms with Crippen LogP contribution in [0.2, 0.25) is 18.1 Å². The van der Waals surface area contributed by atoms with E-state index in [0.717, 1.165) is 0 Å². The normalized spacial score (nSPS) is 12.3. The largest absolute Gasteiger partial charge is 0.500 e. The van der Waals surface area contributed by atoms with Crippen molar-refractivity contribution in [3.63, 3.8) is 0 Å². The summed E-state index contributed by atoms with van der Waals surface area (Å²) in [5, 5.41) is 0. The van der Waals surface area contributed by atoms with Crippen molar-refractivity contribution in [2.75, 3.05) is 42.2 Å². The summed E-state index contributed by atoms with van der Waals surface area (Å²) in [6, 6.07) is 1.98. The van der Waals surface area contributed by atoms with E-state index < -0.39 is 17.4 Å². The zero-order valence-electron chi connectivity index (χ0n) is 15.1. The van der Waals surface area contributed by atoms with Gasteiger partial charge in [-0.3, -0.25) is 0 Å². The van der Waals surface area contributed by atoms with E-state index in [4.69, 9.17) is 26.9 Å². The van der Waals surface area contributed by atoms with Crippen LogP contribution in [-0.2, 0) is 31.7 Å². The molecule has 0 spiro atoms. The van der Waals surface area contributed by atoms with Crippen LogP contribution in [0.3, 0.4) is 0 Å². The van der Waals surface area contributed by atoms with Gasteiger partial charge in [0.15, 0.2) is 0 Å². The maximum absolute atomic E-state index is 11.4. The smallest absolute Gasteiger partial charge is 0.462 e. The quantitative estimate of drug-likeness (QED) is 0.214. The molecule has 0 bridgehead atoms. The van der Waals surface area contributed by atoms with Crippen molar-refractivity contribution in [1.29, 1.82) is 0 Å². The fourth-order valence-corrected chi connectivity index (χ4v) is 7.92. The minimum absolute atomic E-state index is 0.314. The summed E-state index contributed by atoms with van der Waals surface area (Å²) in [5.74, 6) is -0.378. The van der Waals surface area contributed by atoms with E-state index in [1.165, 1.54) is 0 Å². The third-order valence-electron chi connectivity index (χ3n) is 3.77. The molecule has 0 saturated heterocycles. The van der Waals surface area contributed by atoms with E-state index in [1.54, 1.807) is 42.5 Å². The van der Waals surface area contributed by atoms with Crippen molar-refractivity contribution in [1.82, 2.24) is 0 Å². The van der Waals surface area contributed by atoms with Crippen LogP contribution in [0.1, 0.15) is 13.3 Å². The third kappa shape index (κ3) is 7.25. The van der Waals surface area contributed by atoms with Gasteiger partial charge in [0, 0.05) is 47.2 Å². The molecule has 0 aromatic carbocycles. The second-order valence-corrected chi connectivity index (χ2v) is 11.9.